The maximum absolute atomic E-state index is 10.9. The SMILES string of the molecule is COC(=O)c1csc(C#CC#N)n1. The number of carbonyl (C=O) groups is 1. The molecule has 13 heavy (non-hydrogen) atoms. The fraction of sp³-hybridized carbons (Fsp3) is 0.125. The van der Waals surface area contributed by atoms with Crippen LogP contribution in [-0.4, -0.2) is 18.1 Å². The number of thiazole rings is 1. The van der Waals surface area contributed by atoms with E-state index in [-0.39, 0.29) is 5.69 Å². The second-order valence-corrected chi connectivity index (χ2v) is 2.75. The van der Waals surface area contributed by atoms with Gasteiger partial charge in [-0.3, -0.25) is 0 Å². The number of nitrogens with zero attached hydrogens (tertiary/aromatic N) is 2. The lowest BCUT2D eigenvalue weighted by molar-refractivity contribution is 0.0595. The predicted molar refractivity (Wildman–Crippen MR) is 45.9 cm³/mol. The molecule has 0 aliphatic carbocycles. The van der Waals surface area contributed by atoms with Gasteiger partial charge in [0.2, 0.25) is 0 Å². The average molecular weight is 192 g/mol. The number of ether oxygens (including phenoxy) is 1. The monoisotopic (exact) mass is 192 g/mol. The van der Waals surface area contributed by atoms with E-state index >= 15 is 0 Å². The number of rotatable bonds is 1. The summed E-state index contributed by atoms with van der Waals surface area (Å²) in [6.07, 6.45) is 0. The number of hydrogen-bond donors (Lipinski definition) is 0. The maximum atomic E-state index is 10.9. The Kier molecular flexibility index (Phi) is 3.02. The molecule has 5 heteroatoms. The molecular weight excluding hydrogens is 188 g/mol. The molecule has 0 amide bonds. The largest absolute Gasteiger partial charge is 0.464 e. The van der Waals surface area contributed by atoms with Crippen molar-refractivity contribution in [1.82, 2.24) is 4.98 Å². The summed E-state index contributed by atoms with van der Waals surface area (Å²) >= 11 is 1.20. The van der Waals surface area contributed by atoms with Gasteiger partial charge in [-0.1, -0.05) is 0 Å². The number of nitriles is 1. The number of aromatic nitrogens is 1. The highest BCUT2D eigenvalue weighted by molar-refractivity contribution is 7.10. The summed E-state index contributed by atoms with van der Waals surface area (Å²) in [6, 6.07) is 1.66. The van der Waals surface area contributed by atoms with Crippen LogP contribution in [0.25, 0.3) is 0 Å². The van der Waals surface area contributed by atoms with Crippen LogP contribution < -0.4 is 0 Å². The Morgan fingerprint density at radius 2 is 2.54 bits per heavy atom. The van der Waals surface area contributed by atoms with E-state index in [0.717, 1.165) is 0 Å². The van der Waals surface area contributed by atoms with E-state index in [1.165, 1.54) is 23.8 Å². The summed E-state index contributed by atoms with van der Waals surface area (Å²) in [5.74, 6) is 4.17. The van der Waals surface area contributed by atoms with Crippen LogP contribution in [0.2, 0.25) is 0 Å². The molecule has 1 aromatic heterocycles. The minimum atomic E-state index is -0.499. The van der Waals surface area contributed by atoms with Crippen molar-refractivity contribution in [1.29, 1.82) is 5.26 Å². The van der Waals surface area contributed by atoms with Crippen LogP contribution in [-0.2, 0) is 4.74 Å². The van der Waals surface area contributed by atoms with Crippen LogP contribution in [0.5, 0.6) is 0 Å². The van der Waals surface area contributed by atoms with Gasteiger partial charge in [-0.15, -0.1) is 11.3 Å². The lowest BCUT2D eigenvalue weighted by atomic mass is 10.5. The average Bonchev–Trinajstić information content (AvgIpc) is 2.62. The van der Waals surface area contributed by atoms with Gasteiger partial charge in [0.1, 0.15) is 0 Å². The third-order valence-corrected chi connectivity index (χ3v) is 1.88. The van der Waals surface area contributed by atoms with Crippen LogP contribution in [0.1, 0.15) is 15.5 Å². The smallest absolute Gasteiger partial charge is 0.357 e. The van der Waals surface area contributed by atoms with Crippen molar-refractivity contribution in [2.24, 2.45) is 0 Å². The van der Waals surface area contributed by atoms with E-state index in [4.69, 9.17) is 5.26 Å². The highest BCUT2D eigenvalue weighted by atomic mass is 32.1. The normalized spacial score (nSPS) is 8.00. The molecule has 0 aromatic carbocycles. The second-order valence-electron chi connectivity index (χ2n) is 1.89. The Bertz CT molecular complexity index is 419. The summed E-state index contributed by atoms with van der Waals surface area (Å²) in [5, 5.41) is 10.1. The number of esters is 1. The summed E-state index contributed by atoms with van der Waals surface area (Å²) in [5.41, 5.74) is 0.217. The molecule has 0 aliphatic rings. The van der Waals surface area contributed by atoms with Crippen LogP contribution in [0.3, 0.4) is 0 Å². The van der Waals surface area contributed by atoms with Crippen molar-refractivity contribution in [2.75, 3.05) is 7.11 Å². The molecule has 0 bridgehead atoms. The Hall–Kier alpha value is -1.85. The highest BCUT2D eigenvalue weighted by Crippen LogP contribution is 2.08. The topological polar surface area (TPSA) is 63.0 Å². The second kappa shape index (κ2) is 4.24. The molecule has 0 fully saturated rings. The Balaban J connectivity index is 2.88. The number of hydrogen-bond acceptors (Lipinski definition) is 5. The zero-order chi connectivity index (χ0) is 9.68. The molecular formula is C8H4N2O2S. The van der Waals surface area contributed by atoms with Crippen LogP contribution in [0.4, 0.5) is 0 Å². The van der Waals surface area contributed by atoms with Gasteiger partial charge in [0, 0.05) is 11.3 Å². The minimum Gasteiger partial charge on any atom is -0.464 e. The van der Waals surface area contributed by atoms with E-state index in [2.05, 4.69) is 21.6 Å². The minimum absolute atomic E-state index is 0.217. The van der Waals surface area contributed by atoms with E-state index in [1.54, 1.807) is 6.07 Å². The van der Waals surface area contributed by atoms with E-state index < -0.39 is 5.97 Å². The van der Waals surface area contributed by atoms with Crippen molar-refractivity contribution in [3.05, 3.63) is 16.1 Å². The van der Waals surface area contributed by atoms with Gasteiger partial charge in [0.05, 0.1) is 7.11 Å². The molecule has 0 N–H and O–H groups in total. The van der Waals surface area contributed by atoms with Gasteiger partial charge in [0.15, 0.2) is 16.8 Å². The first-order chi connectivity index (χ1) is 6.27. The summed E-state index contributed by atoms with van der Waals surface area (Å²) < 4.78 is 4.45. The van der Waals surface area contributed by atoms with Crippen molar-refractivity contribution in [3.8, 4) is 17.9 Å². The molecule has 64 valence electrons. The highest BCUT2D eigenvalue weighted by Gasteiger charge is 2.08. The summed E-state index contributed by atoms with van der Waals surface area (Å²) in [4.78, 5) is 14.7. The first-order valence-electron chi connectivity index (χ1n) is 3.22. The van der Waals surface area contributed by atoms with Crippen molar-refractivity contribution < 1.29 is 9.53 Å². The van der Waals surface area contributed by atoms with Crippen molar-refractivity contribution in [3.63, 3.8) is 0 Å². The third-order valence-electron chi connectivity index (χ3n) is 1.12. The Labute approximate surface area is 78.8 Å². The molecule has 0 aliphatic heterocycles. The first-order valence-corrected chi connectivity index (χ1v) is 4.10. The molecule has 0 saturated heterocycles. The lowest BCUT2D eigenvalue weighted by Crippen LogP contribution is -2.00. The van der Waals surface area contributed by atoms with Crippen molar-refractivity contribution >= 4 is 17.3 Å². The number of carbonyl (C=O) groups excluding carboxylic acids is 1. The lowest BCUT2D eigenvalue weighted by Gasteiger charge is -1.89. The van der Waals surface area contributed by atoms with E-state index in [1.807, 2.05) is 0 Å². The number of methoxy groups -OCH3 is 1. The Morgan fingerprint density at radius 1 is 1.77 bits per heavy atom. The molecule has 1 aromatic rings. The van der Waals surface area contributed by atoms with Gasteiger partial charge in [-0.05, 0) is 5.92 Å². The van der Waals surface area contributed by atoms with E-state index in [0.29, 0.717) is 5.01 Å². The van der Waals surface area contributed by atoms with E-state index in [9.17, 15) is 4.79 Å². The van der Waals surface area contributed by atoms with Crippen molar-refractivity contribution in [2.45, 2.75) is 0 Å². The predicted octanol–water partition coefficient (Wildman–Crippen LogP) is 0.805. The summed E-state index contributed by atoms with van der Waals surface area (Å²) in [7, 11) is 1.28. The molecule has 0 saturated carbocycles. The molecule has 1 rings (SSSR count). The standard InChI is InChI=1S/C8H4N2O2S/c1-12-8(11)6-5-13-7(10-6)3-2-4-9/h5H,1H3. The first kappa shape index (κ1) is 9.24. The molecule has 0 spiro atoms. The Morgan fingerprint density at radius 3 is 3.15 bits per heavy atom. The van der Waals surface area contributed by atoms with Gasteiger partial charge in [0.25, 0.3) is 0 Å². The zero-order valence-electron chi connectivity index (χ0n) is 6.70. The summed E-state index contributed by atoms with van der Waals surface area (Å²) in [6.45, 7) is 0. The van der Waals surface area contributed by atoms with Gasteiger partial charge in [-0.2, -0.15) is 5.26 Å². The van der Waals surface area contributed by atoms with Crippen LogP contribution in [0, 0.1) is 23.2 Å². The quantitative estimate of drug-likeness (QED) is 0.487. The van der Waals surface area contributed by atoms with Crippen LogP contribution >= 0.6 is 11.3 Å². The molecule has 0 atom stereocenters. The fourth-order valence-corrected chi connectivity index (χ4v) is 1.24. The maximum Gasteiger partial charge on any atom is 0.357 e. The zero-order valence-corrected chi connectivity index (χ0v) is 7.51. The van der Waals surface area contributed by atoms with Gasteiger partial charge in [-0.25, -0.2) is 9.78 Å². The molecule has 1 heterocycles. The van der Waals surface area contributed by atoms with Crippen LogP contribution in [0.15, 0.2) is 5.38 Å². The third kappa shape index (κ3) is 2.29. The molecule has 4 nitrogen and oxygen atoms in total. The fourth-order valence-electron chi connectivity index (χ4n) is 0.611. The van der Waals surface area contributed by atoms with Gasteiger partial charge >= 0.3 is 5.97 Å². The molecule has 0 unspecified atom stereocenters. The molecule has 0 radical (unpaired) electrons. The van der Waals surface area contributed by atoms with Gasteiger partial charge < -0.3 is 4.74 Å².